The molecule has 4 heteroatoms. The summed E-state index contributed by atoms with van der Waals surface area (Å²) in [5.74, 6) is -0.817. The average Bonchev–Trinajstić information content (AvgIpc) is 2.96. The summed E-state index contributed by atoms with van der Waals surface area (Å²) in [4.78, 5) is 13.0. The van der Waals surface area contributed by atoms with Crippen LogP contribution in [0.2, 0.25) is 0 Å². The minimum Gasteiger partial charge on any atom is -0.507 e. The number of phenols is 1. The van der Waals surface area contributed by atoms with Gasteiger partial charge < -0.3 is 5.11 Å². The predicted octanol–water partition coefficient (Wildman–Crippen LogP) is 7.27. The largest absolute Gasteiger partial charge is 0.507 e. The highest BCUT2D eigenvalue weighted by Crippen LogP contribution is 2.67. The first-order valence-corrected chi connectivity index (χ1v) is 13.1. The minimum absolute atomic E-state index is 0.172. The fraction of sp³-hybridized carbons (Fsp3) is 0.118. The quantitative estimate of drug-likeness (QED) is 0.194. The molecule has 0 unspecified atom stereocenters. The van der Waals surface area contributed by atoms with Gasteiger partial charge in [0.2, 0.25) is 0 Å². The third-order valence-corrected chi connectivity index (χ3v) is 9.41. The number of nitro benzene ring substituents is 1. The van der Waals surface area contributed by atoms with Gasteiger partial charge in [0.15, 0.2) is 0 Å². The van der Waals surface area contributed by atoms with Gasteiger partial charge in [0.1, 0.15) is 5.75 Å². The highest BCUT2D eigenvalue weighted by molar-refractivity contribution is 5.83. The Morgan fingerprint density at radius 2 is 0.711 bits per heavy atom. The first-order chi connectivity index (χ1) is 18.7. The zero-order valence-corrected chi connectivity index (χ0v) is 20.3. The maximum Gasteiger partial charge on any atom is 0.278 e. The van der Waals surface area contributed by atoms with Gasteiger partial charge in [0.25, 0.3) is 5.69 Å². The normalized spacial score (nSPS) is 22.0. The second-order valence-corrected chi connectivity index (χ2v) is 10.9. The van der Waals surface area contributed by atoms with Crippen molar-refractivity contribution in [2.75, 3.05) is 0 Å². The van der Waals surface area contributed by atoms with Crippen LogP contribution in [0.4, 0.5) is 5.69 Å². The van der Waals surface area contributed by atoms with Crippen molar-refractivity contribution in [1.29, 1.82) is 0 Å². The van der Waals surface area contributed by atoms with E-state index < -0.39 is 0 Å². The van der Waals surface area contributed by atoms with Gasteiger partial charge >= 0.3 is 0 Å². The molecule has 0 fully saturated rings. The Morgan fingerprint density at radius 3 is 0.947 bits per heavy atom. The molecule has 11 rings (SSSR count). The molecule has 38 heavy (non-hydrogen) atoms. The van der Waals surface area contributed by atoms with Crippen LogP contribution < -0.4 is 0 Å². The van der Waals surface area contributed by atoms with Crippen LogP contribution >= 0.6 is 0 Å². The Labute approximate surface area is 219 Å². The molecule has 0 spiro atoms. The fourth-order valence-corrected chi connectivity index (χ4v) is 8.23. The van der Waals surface area contributed by atoms with Gasteiger partial charge in [-0.25, -0.2) is 0 Å². The molecule has 180 valence electrons. The summed E-state index contributed by atoms with van der Waals surface area (Å²) in [6.45, 7) is 0. The molecule has 0 saturated heterocycles. The van der Waals surface area contributed by atoms with Gasteiger partial charge in [0, 0.05) is 45.9 Å². The van der Waals surface area contributed by atoms with E-state index in [9.17, 15) is 15.2 Å². The maximum atomic E-state index is 13.2. The predicted molar refractivity (Wildman–Crippen MR) is 144 cm³/mol. The first kappa shape index (κ1) is 20.4. The molecule has 0 saturated carbocycles. The van der Waals surface area contributed by atoms with Crippen LogP contribution in [0, 0.1) is 10.1 Å². The van der Waals surface area contributed by atoms with E-state index in [4.69, 9.17) is 0 Å². The van der Waals surface area contributed by atoms with E-state index in [0.29, 0.717) is 11.1 Å². The number of phenolic OH excluding ortho intramolecular Hbond substituents is 1. The lowest BCUT2D eigenvalue weighted by Crippen LogP contribution is -2.33. The van der Waals surface area contributed by atoms with Crippen LogP contribution in [0.15, 0.2) is 97.1 Å². The van der Waals surface area contributed by atoms with Crippen molar-refractivity contribution < 1.29 is 10.0 Å². The highest BCUT2D eigenvalue weighted by Gasteiger charge is 2.53. The lowest BCUT2D eigenvalue weighted by atomic mass is 9.55. The van der Waals surface area contributed by atoms with Crippen molar-refractivity contribution in [3.63, 3.8) is 0 Å². The zero-order chi connectivity index (χ0) is 25.3. The summed E-state index contributed by atoms with van der Waals surface area (Å²) in [5.41, 5.74) is 11.9. The molecule has 0 atom stereocenters. The monoisotopic (exact) mass is 491 g/mol. The highest BCUT2D eigenvalue weighted by atomic mass is 16.6. The molecule has 6 aliphatic rings. The standard InChI is InChI=1S/C34H21NO3/c36-34-31-27-21-13-5-1-9-17(21)25(18-10-2-6-14-22(18)27)29(31)33(35(37)38)30-26-19-11-3-7-15-23(19)28(32(30)34)24-16-8-4-12-20(24)26/h1-16,25-28,36H. The fourth-order valence-electron chi connectivity index (χ4n) is 8.23. The first-order valence-electron chi connectivity index (χ1n) is 13.1. The van der Waals surface area contributed by atoms with Gasteiger partial charge in [0.05, 0.1) is 4.92 Å². The van der Waals surface area contributed by atoms with Crippen LogP contribution in [0.5, 0.6) is 5.75 Å². The molecule has 0 heterocycles. The van der Waals surface area contributed by atoms with Gasteiger partial charge in [-0.3, -0.25) is 10.1 Å². The van der Waals surface area contributed by atoms with Crippen molar-refractivity contribution in [2.45, 2.75) is 23.7 Å². The Kier molecular flexibility index (Phi) is 3.64. The Hall–Kier alpha value is -4.70. The minimum atomic E-state index is -0.287. The van der Waals surface area contributed by atoms with E-state index in [0.717, 1.165) is 55.6 Å². The molecule has 4 nitrogen and oxygen atoms in total. The summed E-state index contributed by atoms with van der Waals surface area (Å²) in [6.07, 6.45) is 0. The Bertz CT molecular complexity index is 1680. The van der Waals surface area contributed by atoms with Gasteiger partial charge in [-0.1, -0.05) is 97.1 Å². The van der Waals surface area contributed by atoms with Crippen LogP contribution in [0.3, 0.4) is 0 Å². The van der Waals surface area contributed by atoms with E-state index in [1.165, 1.54) is 0 Å². The second-order valence-electron chi connectivity index (χ2n) is 10.9. The van der Waals surface area contributed by atoms with E-state index >= 15 is 0 Å². The molecule has 0 aromatic heterocycles. The molecule has 0 aliphatic heterocycles. The molecule has 5 aromatic rings. The topological polar surface area (TPSA) is 63.4 Å². The molecular formula is C34H21NO3. The van der Waals surface area contributed by atoms with Crippen molar-refractivity contribution in [1.82, 2.24) is 0 Å². The van der Waals surface area contributed by atoms with Crippen molar-refractivity contribution in [2.24, 2.45) is 0 Å². The van der Waals surface area contributed by atoms with Crippen LogP contribution in [-0.4, -0.2) is 10.0 Å². The van der Waals surface area contributed by atoms with Gasteiger partial charge in [-0.2, -0.15) is 0 Å². The Balaban J connectivity index is 1.47. The number of benzene rings is 5. The smallest absolute Gasteiger partial charge is 0.278 e. The summed E-state index contributed by atoms with van der Waals surface area (Å²) in [6, 6.07) is 33.0. The molecule has 6 aliphatic carbocycles. The van der Waals surface area contributed by atoms with Crippen molar-refractivity contribution in [3.05, 3.63) is 174 Å². The third-order valence-electron chi connectivity index (χ3n) is 9.41. The van der Waals surface area contributed by atoms with E-state index in [1.54, 1.807) is 0 Å². The number of rotatable bonds is 1. The molecule has 4 bridgehead atoms. The third kappa shape index (κ3) is 2.16. The summed E-state index contributed by atoms with van der Waals surface area (Å²) in [7, 11) is 0. The lowest BCUT2D eigenvalue weighted by molar-refractivity contribution is -0.386. The van der Waals surface area contributed by atoms with Crippen LogP contribution in [0.1, 0.15) is 90.4 Å². The van der Waals surface area contributed by atoms with E-state index in [1.807, 2.05) is 48.5 Å². The average molecular weight is 492 g/mol. The summed E-state index contributed by atoms with van der Waals surface area (Å²) < 4.78 is 0. The zero-order valence-electron chi connectivity index (χ0n) is 20.3. The molecule has 1 N–H and O–H groups in total. The SMILES string of the molecule is O=[N+]([O-])c1c2c(c(O)c3c1C1c4ccccc4C3c3ccccc31)C1c3ccccc3C2c2ccccc21. The Morgan fingerprint density at radius 1 is 0.474 bits per heavy atom. The summed E-state index contributed by atoms with van der Waals surface area (Å²) in [5, 5.41) is 25.5. The lowest BCUT2D eigenvalue weighted by Gasteiger charge is -2.46. The van der Waals surface area contributed by atoms with Gasteiger partial charge in [-0.15, -0.1) is 0 Å². The van der Waals surface area contributed by atoms with Crippen molar-refractivity contribution >= 4 is 5.69 Å². The molecule has 0 radical (unpaired) electrons. The number of hydrogen-bond donors (Lipinski definition) is 1. The van der Waals surface area contributed by atoms with Crippen LogP contribution in [-0.2, 0) is 0 Å². The van der Waals surface area contributed by atoms with Gasteiger partial charge in [-0.05, 0) is 44.5 Å². The second kappa shape index (κ2) is 6.78. The molecular weight excluding hydrogens is 470 g/mol. The van der Waals surface area contributed by atoms with E-state index in [2.05, 4.69) is 48.5 Å². The van der Waals surface area contributed by atoms with Crippen molar-refractivity contribution in [3.8, 4) is 5.75 Å². The number of hydrogen-bond acceptors (Lipinski definition) is 3. The number of aromatic hydroxyl groups is 1. The number of nitrogens with zero attached hydrogens (tertiary/aromatic N) is 1. The van der Waals surface area contributed by atoms with E-state index in [-0.39, 0.29) is 40.0 Å². The maximum absolute atomic E-state index is 13.2. The molecule has 5 aromatic carbocycles. The molecule has 0 amide bonds. The number of nitro groups is 1. The summed E-state index contributed by atoms with van der Waals surface area (Å²) >= 11 is 0. The van der Waals surface area contributed by atoms with Crippen LogP contribution in [0.25, 0.3) is 0 Å².